The number of nitrogens with zero attached hydrogens (tertiary/aromatic N) is 1. The maximum Gasteiger partial charge on any atom is 0.341 e. The van der Waals surface area contributed by atoms with Crippen molar-refractivity contribution in [3.8, 4) is 0 Å². The fraction of sp³-hybridized carbons (Fsp3) is 0.375. The summed E-state index contributed by atoms with van der Waals surface area (Å²) < 4.78 is 6.05. The number of aryl methyl sites for hydroxylation is 1. The van der Waals surface area contributed by atoms with Crippen LogP contribution in [0.2, 0.25) is 0 Å². The van der Waals surface area contributed by atoms with Gasteiger partial charge in [-0.3, -0.25) is 4.98 Å². The van der Waals surface area contributed by atoms with E-state index in [1.54, 1.807) is 13.1 Å². The average Bonchev–Trinajstić information content (AvgIpc) is 2.48. The fourth-order valence-corrected chi connectivity index (χ4v) is 2.72. The maximum absolute atomic E-state index is 12.2. The molecule has 0 aliphatic carbocycles. The molecule has 0 bridgehead atoms. The van der Waals surface area contributed by atoms with Gasteiger partial charge in [-0.05, 0) is 31.9 Å². The second-order valence-corrected chi connectivity index (χ2v) is 5.64. The van der Waals surface area contributed by atoms with Crippen molar-refractivity contribution in [2.45, 2.75) is 27.2 Å². The predicted molar refractivity (Wildman–Crippen MR) is 88.9 cm³/mol. The van der Waals surface area contributed by atoms with E-state index in [4.69, 9.17) is 4.74 Å². The van der Waals surface area contributed by atoms with Crippen molar-refractivity contribution in [3.05, 3.63) is 33.9 Å². The molecular formula is C16H19BrN2O2. The van der Waals surface area contributed by atoms with E-state index in [1.807, 2.05) is 19.1 Å². The van der Waals surface area contributed by atoms with Crippen molar-refractivity contribution in [1.82, 2.24) is 4.98 Å². The molecule has 2 aromatic rings. The van der Waals surface area contributed by atoms with Crippen molar-refractivity contribution in [1.29, 1.82) is 0 Å². The van der Waals surface area contributed by atoms with Gasteiger partial charge in [-0.15, -0.1) is 0 Å². The van der Waals surface area contributed by atoms with E-state index in [2.05, 4.69) is 33.2 Å². The third-order valence-electron chi connectivity index (χ3n) is 3.22. The van der Waals surface area contributed by atoms with Crippen molar-refractivity contribution < 1.29 is 9.53 Å². The zero-order valence-corrected chi connectivity index (χ0v) is 14.1. The van der Waals surface area contributed by atoms with E-state index >= 15 is 0 Å². The summed E-state index contributed by atoms with van der Waals surface area (Å²) in [6, 6.07) is 3.98. The van der Waals surface area contributed by atoms with Crippen LogP contribution in [0.15, 0.2) is 22.8 Å². The van der Waals surface area contributed by atoms with Gasteiger partial charge in [0.2, 0.25) is 0 Å². The number of ether oxygens (including phenoxy) is 1. The van der Waals surface area contributed by atoms with Crippen molar-refractivity contribution >= 4 is 38.5 Å². The molecule has 5 heteroatoms. The Morgan fingerprint density at radius 2 is 2.14 bits per heavy atom. The van der Waals surface area contributed by atoms with E-state index < -0.39 is 0 Å². The lowest BCUT2D eigenvalue weighted by Gasteiger charge is -2.15. The molecule has 0 unspecified atom stereocenters. The summed E-state index contributed by atoms with van der Waals surface area (Å²) in [5.41, 5.74) is 3.22. The van der Waals surface area contributed by atoms with E-state index in [0.717, 1.165) is 39.6 Å². The highest BCUT2D eigenvalue weighted by Crippen LogP contribution is 2.34. The average molecular weight is 351 g/mol. The summed E-state index contributed by atoms with van der Waals surface area (Å²) >= 11 is 3.56. The number of nitrogens with one attached hydrogen (secondary N) is 1. The lowest BCUT2D eigenvalue weighted by atomic mass is 10.1. The minimum absolute atomic E-state index is 0.346. The molecule has 1 heterocycles. The van der Waals surface area contributed by atoms with Gasteiger partial charge in [-0.1, -0.05) is 28.9 Å². The Bertz CT molecular complexity index is 671. The number of pyridine rings is 1. The number of carbonyl (C=O) groups excluding carboxylic acids is 1. The van der Waals surface area contributed by atoms with Gasteiger partial charge in [0.25, 0.3) is 0 Å². The van der Waals surface area contributed by atoms with Crippen LogP contribution in [0.25, 0.3) is 10.9 Å². The Morgan fingerprint density at radius 1 is 1.38 bits per heavy atom. The molecule has 1 aromatic carbocycles. The molecule has 2 rings (SSSR count). The quantitative estimate of drug-likeness (QED) is 0.816. The topological polar surface area (TPSA) is 51.2 Å². The van der Waals surface area contributed by atoms with Gasteiger partial charge in [0.15, 0.2) is 0 Å². The van der Waals surface area contributed by atoms with Crippen molar-refractivity contribution in [3.63, 3.8) is 0 Å². The summed E-state index contributed by atoms with van der Waals surface area (Å²) in [7, 11) is 0. The zero-order valence-electron chi connectivity index (χ0n) is 12.5. The minimum atomic E-state index is -0.348. The third kappa shape index (κ3) is 3.18. The molecule has 0 radical (unpaired) electrons. The number of esters is 1. The van der Waals surface area contributed by atoms with Gasteiger partial charge in [0, 0.05) is 22.6 Å². The summed E-state index contributed by atoms with van der Waals surface area (Å²) in [5, 5.41) is 4.27. The number of aromatic nitrogens is 1. The standard InChI is InChI=1S/C16H19BrN2O2/c1-4-8-18-15-11(16(20)21-5-2)9-19-14-10(3)6-7-12(17)13(14)15/h6-7,9H,4-5,8H2,1-3H3,(H,18,19). The van der Waals surface area contributed by atoms with Crippen molar-refractivity contribution in [2.24, 2.45) is 0 Å². The maximum atomic E-state index is 12.2. The molecule has 0 saturated carbocycles. The van der Waals surface area contributed by atoms with Gasteiger partial charge in [-0.2, -0.15) is 0 Å². The molecular weight excluding hydrogens is 332 g/mol. The summed E-state index contributed by atoms with van der Waals surface area (Å²) in [6.07, 6.45) is 2.56. The third-order valence-corrected chi connectivity index (χ3v) is 3.88. The highest BCUT2D eigenvalue weighted by atomic mass is 79.9. The molecule has 0 amide bonds. The molecule has 4 nitrogen and oxygen atoms in total. The van der Waals surface area contributed by atoms with Gasteiger partial charge >= 0.3 is 5.97 Å². The molecule has 0 saturated heterocycles. The Morgan fingerprint density at radius 3 is 2.81 bits per heavy atom. The first kappa shape index (κ1) is 15.8. The zero-order chi connectivity index (χ0) is 15.4. The smallest absolute Gasteiger partial charge is 0.341 e. The summed E-state index contributed by atoms with van der Waals surface area (Å²) in [6.45, 7) is 7.02. The molecule has 1 aromatic heterocycles. The van der Waals surface area contributed by atoms with Crippen LogP contribution in [0, 0.1) is 6.92 Å². The van der Waals surface area contributed by atoms with E-state index in [1.165, 1.54) is 0 Å². The molecule has 0 spiro atoms. The molecule has 21 heavy (non-hydrogen) atoms. The van der Waals surface area contributed by atoms with Crippen LogP contribution in [0.3, 0.4) is 0 Å². The molecule has 0 aliphatic heterocycles. The Hall–Kier alpha value is -1.62. The highest BCUT2D eigenvalue weighted by molar-refractivity contribution is 9.10. The van der Waals surface area contributed by atoms with Gasteiger partial charge in [0.1, 0.15) is 5.56 Å². The van der Waals surface area contributed by atoms with Crippen LogP contribution >= 0.6 is 15.9 Å². The Labute approximate surface area is 133 Å². The first-order valence-electron chi connectivity index (χ1n) is 7.08. The van der Waals surface area contributed by atoms with Crippen LogP contribution in [0.1, 0.15) is 36.2 Å². The number of anilines is 1. The normalized spacial score (nSPS) is 10.7. The van der Waals surface area contributed by atoms with Crippen LogP contribution < -0.4 is 5.32 Å². The second-order valence-electron chi connectivity index (χ2n) is 4.78. The van der Waals surface area contributed by atoms with Crippen LogP contribution in [0.5, 0.6) is 0 Å². The molecule has 112 valence electrons. The number of hydrogen-bond acceptors (Lipinski definition) is 4. The minimum Gasteiger partial charge on any atom is -0.462 e. The predicted octanol–water partition coefficient (Wildman–Crippen LogP) is 4.30. The molecule has 1 N–H and O–H groups in total. The number of halogens is 1. The summed E-state index contributed by atoms with van der Waals surface area (Å²) in [5.74, 6) is -0.348. The monoisotopic (exact) mass is 350 g/mol. The molecule has 0 fully saturated rings. The number of benzene rings is 1. The van der Waals surface area contributed by atoms with E-state index in [9.17, 15) is 4.79 Å². The van der Waals surface area contributed by atoms with Crippen molar-refractivity contribution in [2.75, 3.05) is 18.5 Å². The lowest BCUT2D eigenvalue weighted by molar-refractivity contribution is 0.0527. The first-order chi connectivity index (χ1) is 10.1. The highest BCUT2D eigenvalue weighted by Gasteiger charge is 2.18. The Balaban J connectivity index is 2.69. The van der Waals surface area contributed by atoms with Gasteiger partial charge < -0.3 is 10.1 Å². The number of rotatable bonds is 5. The SMILES string of the molecule is CCCNc1c(C(=O)OCC)cnc2c(C)ccc(Br)c12. The fourth-order valence-electron chi connectivity index (χ4n) is 2.20. The Kier molecular flexibility index (Phi) is 5.17. The summed E-state index contributed by atoms with van der Waals surface area (Å²) in [4.78, 5) is 16.6. The number of hydrogen-bond donors (Lipinski definition) is 1. The molecule has 0 aliphatic rings. The van der Waals surface area contributed by atoms with Gasteiger partial charge in [-0.25, -0.2) is 4.79 Å². The van der Waals surface area contributed by atoms with Gasteiger partial charge in [0.05, 0.1) is 17.8 Å². The lowest BCUT2D eigenvalue weighted by Crippen LogP contribution is -2.12. The first-order valence-corrected chi connectivity index (χ1v) is 7.88. The van der Waals surface area contributed by atoms with E-state index in [0.29, 0.717) is 12.2 Å². The number of carbonyl (C=O) groups is 1. The molecule has 0 atom stereocenters. The number of fused-ring (bicyclic) bond motifs is 1. The largest absolute Gasteiger partial charge is 0.462 e. The van der Waals surface area contributed by atoms with E-state index in [-0.39, 0.29) is 5.97 Å². The van der Waals surface area contributed by atoms with Crippen LogP contribution in [0.4, 0.5) is 5.69 Å². The second kappa shape index (κ2) is 6.89. The van der Waals surface area contributed by atoms with Crippen LogP contribution in [-0.2, 0) is 4.74 Å². The van der Waals surface area contributed by atoms with Crippen LogP contribution in [-0.4, -0.2) is 24.1 Å².